The molecule has 2 aromatic rings. The molecule has 1 saturated heterocycles. The SMILES string of the molecule is O=C(NC1C(=O)C[C@@H](C(=O)O)N1C(=O)CCCCCc1ccc(O)cc1)c1ccccc1. The second-order valence-corrected chi connectivity index (χ2v) is 7.79. The van der Waals surface area contributed by atoms with Crippen LogP contribution < -0.4 is 5.32 Å². The molecular formula is C24H26N2O6. The molecule has 1 fully saturated rings. The highest BCUT2D eigenvalue weighted by Gasteiger charge is 2.47. The van der Waals surface area contributed by atoms with Gasteiger partial charge in [0.05, 0.1) is 0 Å². The van der Waals surface area contributed by atoms with Gasteiger partial charge in [0.1, 0.15) is 11.8 Å². The minimum Gasteiger partial charge on any atom is -0.508 e. The summed E-state index contributed by atoms with van der Waals surface area (Å²) in [5, 5.41) is 21.3. The zero-order chi connectivity index (χ0) is 23.1. The molecule has 8 heteroatoms. The number of rotatable bonds is 9. The van der Waals surface area contributed by atoms with Crippen LogP contribution in [0.2, 0.25) is 0 Å². The zero-order valence-corrected chi connectivity index (χ0v) is 17.6. The van der Waals surface area contributed by atoms with Crippen LogP contribution in [0.15, 0.2) is 54.6 Å². The number of aryl methyl sites for hydroxylation is 1. The number of aliphatic carboxylic acids is 1. The summed E-state index contributed by atoms with van der Waals surface area (Å²) in [5.74, 6) is -2.56. The van der Waals surface area contributed by atoms with Gasteiger partial charge in [-0.25, -0.2) is 4.79 Å². The summed E-state index contributed by atoms with van der Waals surface area (Å²) in [5.41, 5.74) is 1.40. The number of phenolic OH excluding ortho intramolecular Hbond substituents is 1. The number of amides is 2. The van der Waals surface area contributed by atoms with Crippen LogP contribution in [0.25, 0.3) is 0 Å². The van der Waals surface area contributed by atoms with E-state index in [9.17, 15) is 29.4 Å². The average Bonchev–Trinajstić information content (AvgIpc) is 3.11. The molecule has 2 aromatic carbocycles. The Hall–Kier alpha value is -3.68. The molecule has 0 radical (unpaired) electrons. The van der Waals surface area contributed by atoms with Gasteiger partial charge in [0, 0.05) is 18.4 Å². The molecule has 0 saturated carbocycles. The van der Waals surface area contributed by atoms with Gasteiger partial charge in [-0.1, -0.05) is 36.8 Å². The van der Waals surface area contributed by atoms with E-state index in [0.717, 1.165) is 29.7 Å². The number of carboxylic acids is 1. The maximum Gasteiger partial charge on any atom is 0.326 e. The number of phenols is 1. The van der Waals surface area contributed by atoms with Gasteiger partial charge in [-0.05, 0) is 49.1 Å². The lowest BCUT2D eigenvalue weighted by Crippen LogP contribution is -2.53. The Morgan fingerprint density at radius 1 is 0.969 bits per heavy atom. The average molecular weight is 438 g/mol. The van der Waals surface area contributed by atoms with Gasteiger partial charge < -0.3 is 20.4 Å². The van der Waals surface area contributed by atoms with E-state index in [1.54, 1.807) is 42.5 Å². The van der Waals surface area contributed by atoms with Gasteiger partial charge in [-0.2, -0.15) is 0 Å². The molecule has 0 aromatic heterocycles. The van der Waals surface area contributed by atoms with E-state index >= 15 is 0 Å². The largest absolute Gasteiger partial charge is 0.508 e. The van der Waals surface area contributed by atoms with E-state index < -0.39 is 35.8 Å². The third kappa shape index (κ3) is 5.72. The van der Waals surface area contributed by atoms with Crippen molar-refractivity contribution < 1.29 is 29.4 Å². The monoisotopic (exact) mass is 438 g/mol. The number of aromatic hydroxyl groups is 1. The number of likely N-dealkylation sites (tertiary alicyclic amines) is 1. The predicted molar refractivity (Wildman–Crippen MR) is 116 cm³/mol. The molecule has 168 valence electrons. The van der Waals surface area contributed by atoms with Crippen LogP contribution >= 0.6 is 0 Å². The molecule has 0 bridgehead atoms. The Kier molecular flexibility index (Phi) is 7.59. The molecule has 8 nitrogen and oxygen atoms in total. The lowest BCUT2D eigenvalue weighted by Gasteiger charge is -2.27. The van der Waals surface area contributed by atoms with E-state index in [1.807, 2.05) is 12.1 Å². The summed E-state index contributed by atoms with van der Waals surface area (Å²) < 4.78 is 0. The number of Topliss-reactive ketones (excluding diaryl/α,β-unsaturated/α-hetero) is 1. The van der Waals surface area contributed by atoms with Crippen LogP contribution in [0.5, 0.6) is 5.75 Å². The first kappa shape index (κ1) is 23.0. The number of carboxylic acid groups (broad SMARTS) is 1. The Balaban J connectivity index is 1.57. The molecule has 2 atom stereocenters. The normalized spacial score (nSPS) is 17.9. The van der Waals surface area contributed by atoms with E-state index in [0.29, 0.717) is 12.0 Å². The first-order valence-corrected chi connectivity index (χ1v) is 10.6. The van der Waals surface area contributed by atoms with Crippen molar-refractivity contribution >= 4 is 23.6 Å². The van der Waals surface area contributed by atoms with Crippen LogP contribution in [-0.2, 0) is 20.8 Å². The number of unbranched alkanes of at least 4 members (excludes halogenated alkanes) is 2. The van der Waals surface area contributed by atoms with Gasteiger partial charge in [0.15, 0.2) is 11.9 Å². The van der Waals surface area contributed by atoms with Crippen LogP contribution in [0.4, 0.5) is 0 Å². The molecule has 0 aliphatic carbocycles. The molecule has 2 amide bonds. The standard InChI is InChI=1S/C24H26N2O6/c27-18-13-11-16(12-14-18)7-3-1-6-10-21(29)26-19(24(31)32)15-20(28)22(26)25-23(30)17-8-4-2-5-9-17/h2,4-5,8-9,11-14,19,22,27H,1,3,6-7,10,15H2,(H,25,30)(H,31,32)/t19-,22?/m0/s1. The highest BCUT2D eigenvalue weighted by molar-refractivity contribution is 6.03. The molecule has 0 spiro atoms. The minimum atomic E-state index is -1.28. The second kappa shape index (κ2) is 10.6. The first-order valence-electron chi connectivity index (χ1n) is 10.6. The first-order chi connectivity index (χ1) is 15.4. The molecule has 1 aliphatic heterocycles. The lowest BCUT2D eigenvalue weighted by atomic mass is 10.1. The number of benzene rings is 2. The van der Waals surface area contributed by atoms with Crippen LogP contribution in [0, 0.1) is 0 Å². The van der Waals surface area contributed by atoms with Crippen molar-refractivity contribution in [3.63, 3.8) is 0 Å². The molecule has 1 heterocycles. The fraction of sp³-hybridized carbons (Fsp3) is 0.333. The van der Waals surface area contributed by atoms with Crippen LogP contribution in [0.3, 0.4) is 0 Å². The Morgan fingerprint density at radius 2 is 1.66 bits per heavy atom. The highest BCUT2D eigenvalue weighted by atomic mass is 16.4. The highest BCUT2D eigenvalue weighted by Crippen LogP contribution is 2.23. The fourth-order valence-corrected chi connectivity index (χ4v) is 3.78. The number of ketones is 1. The quantitative estimate of drug-likeness (QED) is 0.517. The van der Waals surface area contributed by atoms with Gasteiger partial charge >= 0.3 is 5.97 Å². The lowest BCUT2D eigenvalue weighted by molar-refractivity contribution is -0.150. The number of nitrogens with zero attached hydrogens (tertiary/aromatic N) is 1. The van der Waals surface area contributed by atoms with Crippen molar-refractivity contribution in [1.82, 2.24) is 10.2 Å². The number of hydrogen-bond acceptors (Lipinski definition) is 5. The molecule has 3 rings (SSSR count). The summed E-state index contributed by atoms with van der Waals surface area (Å²) in [6, 6.07) is 13.9. The molecule has 1 unspecified atom stereocenters. The minimum absolute atomic E-state index is 0.0876. The molecular weight excluding hydrogens is 412 g/mol. The maximum absolute atomic E-state index is 12.8. The van der Waals surface area contributed by atoms with Crippen molar-refractivity contribution in [3.8, 4) is 5.75 Å². The van der Waals surface area contributed by atoms with E-state index in [1.165, 1.54) is 0 Å². The number of carbonyl (C=O) groups excluding carboxylic acids is 3. The summed E-state index contributed by atoms with van der Waals surface area (Å²) in [7, 11) is 0. The zero-order valence-electron chi connectivity index (χ0n) is 17.6. The second-order valence-electron chi connectivity index (χ2n) is 7.79. The van der Waals surface area contributed by atoms with E-state index in [2.05, 4.69) is 5.32 Å². The number of hydrogen-bond donors (Lipinski definition) is 3. The predicted octanol–water partition coefficient (Wildman–Crippen LogP) is 2.51. The fourth-order valence-electron chi connectivity index (χ4n) is 3.78. The van der Waals surface area contributed by atoms with Gasteiger partial charge in [-0.15, -0.1) is 0 Å². The molecule has 3 N–H and O–H groups in total. The van der Waals surface area contributed by atoms with Crippen LogP contribution in [-0.4, -0.2) is 50.9 Å². The number of nitrogens with one attached hydrogen (secondary N) is 1. The third-order valence-corrected chi connectivity index (χ3v) is 5.48. The maximum atomic E-state index is 12.8. The van der Waals surface area contributed by atoms with Gasteiger partial charge in [0.2, 0.25) is 5.91 Å². The van der Waals surface area contributed by atoms with E-state index in [-0.39, 0.29) is 18.6 Å². The van der Waals surface area contributed by atoms with Crippen molar-refractivity contribution in [2.75, 3.05) is 0 Å². The van der Waals surface area contributed by atoms with Crippen LogP contribution in [0.1, 0.15) is 48.0 Å². The van der Waals surface area contributed by atoms with Crippen molar-refractivity contribution in [3.05, 3.63) is 65.7 Å². The summed E-state index contributed by atoms with van der Waals surface area (Å²) in [6.45, 7) is 0. The van der Waals surface area contributed by atoms with Crippen molar-refractivity contribution in [2.45, 2.75) is 50.7 Å². The van der Waals surface area contributed by atoms with Crippen molar-refractivity contribution in [1.29, 1.82) is 0 Å². The molecule has 1 aliphatic rings. The van der Waals surface area contributed by atoms with E-state index in [4.69, 9.17) is 0 Å². The summed E-state index contributed by atoms with van der Waals surface area (Å²) >= 11 is 0. The van der Waals surface area contributed by atoms with Gasteiger partial charge in [0.25, 0.3) is 5.91 Å². The summed E-state index contributed by atoms with van der Waals surface area (Å²) in [6.07, 6.45) is 1.37. The summed E-state index contributed by atoms with van der Waals surface area (Å²) in [4.78, 5) is 50.4. The Bertz CT molecular complexity index is 974. The van der Waals surface area contributed by atoms with Crippen molar-refractivity contribution in [2.24, 2.45) is 0 Å². The van der Waals surface area contributed by atoms with Gasteiger partial charge in [-0.3, -0.25) is 14.4 Å². The third-order valence-electron chi connectivity index (χ3n) is 5.48. The topological polar surface area (TPSA) is 124 Å². The Labute approximate surface area is 185 Å². The smallest absolute Gasteiger partial charge is 0.326 e. The molecule has 32 heavy (non-hydrogen) atoms. The number of carbonyl (C=O) groups is 4. The Morgan fingerprint density at radius 3 is 2.31 bits per heavy atom.